The smallest absolute Gasteiger partial charge is 0.264 e. The quantitative estimate of drug-likeness (QED) is 0.278. The van der Waals surface area contributed by atoms with Gasteiger partial charge in [-0.25, -0.2) is 12.8 Å². The van der Waals surface area contributed by atoms with Crippen molar-refractivity contribution in [3.05, 3.63) is 84.2 Å². The zero-order chi connectivity index (χ0) is 30.7. The van der Waals surface area contributed by atoms with Gasteiger partial charge in [-0.2, -0.15) is 0 Å². The molecular weight excluding hydrogens is 561 g/mol. The van der Waals surface area contributed by atoms with E-state index in [4.69, 9.17) is 9.47 Å². The number of nitrogens with zero attached hydrogens (tertiary/aromatic N) is 2. The monoisotopic (exact) mass is 599 g/mol. The maximum atomic E-state index is 14.0. The maximum absolute atomic E-state index is 14.0. The largest absolute Gasteiger partial charge is 0.493 e. The van der Waals surface area contributed by atoms with Gasteiger partial charge in [-0.3, -0.25) is 13.9 Å². The Labute approximate surface area is 247 Å². The predicted molar refractivity (Wildman–Crippen MR) is 160 cm³/mol. The molecule has 0 aliphatic carbocycles. The fraction of sp³-hybridized carbons (Fsp3) is 0.355. The van der Waals surface area contributed by atoms with Crippen LogP contribution in [0.4, 0.5) is 10.1 Å². The second-order valence-corrected chi connectivity index (χ2v) is 11.4. The lowest BCUT2D eigenvalue weighted by molar-refractivity contribution is -0.139. The molecule has 1 unspecified atom stereocenters. The van der Waals surface area contributed by atoms with Crippen molar-refractivity contribution in [3.63, 3.8) is 0 Å². The highest BCUT2D eigenvalue weighted by molar-refractivity contribution is 7.92. The Morgan fingerprint density at radius 2 is 1.60 bits per heavy atom. The van der Waals surface area contributed by atoms with E-state index in [2.05, 4.69) is 5.32 Å². The van der Waals surface area contributed by atoms with Crippen LogP contribution in [0.3, 0.4) is 0 Å². The molecule has 0 bridgehead atoms. The second-order valence-electron chi connectivity index (χ2n) is 9.54. The number of hydrogen-bond acceptors (Lipinski definition) is 6. The van der Waals surface area contributed by atoms with Crippen LogP contribution in [0.5, 0.6) is 11.5 Å². The Bertz CT molecular complexity index is 1430. The van der Waals surface area contributed by atoms with Gasteiger partial charge in [0.1, 0.15) is 18.4 Å². The number of carbonyl (C=O) groups is 2. The molecule has 0 radical (unpaired) electrons. The minimum absolute atomic E-state index is 0.0889. The van der Waals surface area contributed by atoms with Crippen molar-refractivity contribution in [1.29, 1.82) is 0 Å². The number of methoxy groups -OCH3 is 2. The van der Waals surface area contributed by atoms with Gasteiger partial charge in [-0.05, 0) is 61.2 Å². The van der Waals surface area contributed by atoms with Crippen LogP contribution in [0.25, 0.3) is 0 Å². The molecule has 3 rings (SSSR count). The first kappa shape index (κ1) is 32.4. The van der Waals surface area contributed by atoms with Gasteiger partial charge in [0.15, 0.2) is 11.5 Å². The zero-order valence-electron chi connectivity index (χ0n) is 24.4. The summed E-state index contributed by atoms with van der Waals surface area (Å²) in [6.45, 7) is 3.75. The van der Waals surface area contributed by atoms with Crippen molar-refractivity contribution in [3.8, 4) is 11.5 Å². The molecule has 0 saturated heterocycles. The first-order valence-electron chi connectivity index (χ1n) is 13.8. The number of halogens is 1. The Balaban J connectivity index is 2.04. The van der Waals surface area contributed by atoms with E-state index in [1.807, 2.05) is 37.3 Å². The van der Waals surface area contributed by atoms with Crippen LogP contribution in [0.1, 0.15) is 32.3 Å². The summed E-state index contributed by atoms with van der Waals surface area (Å²) in [4.78, 5) is 28.4. The lowest BCUT2D eigenvalue weighted by Gasteiger charge is -2.33. The average Bonchev–Trinajstić information content (AvgIpc) is 3.01. The lowest BCUT2D eigenvalue weighted by Crippen LogP contribution is -2.53. The first-order chi connectivity index (χ1) is 20.2. The molecule has 0 aliphatic rings. The summed E-state index contributed by atoms with van der Waals surface area (Å²) >= 11 is 0. The number of amides is 2. The van der Waals surface area contributed by atoms with E-state index in [1.54, 1.807) is 6.92 Å². The molecule has 42 heavy (non-hydrogen) atoms. The summed E-state index contributed by atoms with van der Waals surface area (Å²) in [7, 11) is -1.55. The van der Waals surface area contributed by atoms with E-state index in [-0.39, 0.29) is 28.8 Å². The fourth-order valence-corrected chi connectivity index (χ4v) is 5.93. The van der Waals surface area contributed by atoms with Crippen LogP contribution in [-0.2, 0) is 26.0 Å². The van der Waals surface area contributed by atoms with E-state index in [0.29, 0.717) is 25.1 Å². The predicted octanol–water partition coefficient (Wildman–Crippen LogP) is 4.41. The first-order valence-corrected chi connectivity index (χ1v) is 15.2. The van der Waals surface area contributed by atoms with Crippen molar-refractivity contribution >= 4 is 27.5 Å². The van der Waals surface area contributed by atoms with Crippen molar-refractivity contribution in [1.82, 2.24) is 10.2 Å². The number of anilines is 1. The molecule has 0 aromatic heterocycles. The van der Waals surface area contributed by atoms with Gasteiger partial charge in [-0.15, -0.1) is 0 Å². The molecule has 0 fully saturated rings. The Morgan fingerprint density at radius 1 is 0.929 bits per heavy atom. The second kappa shape index (κ2) is 15.2. The van der Waals surface area contributed by atoms with Gasteiger partial charge < -0.3 is 19.7 Å². The molecule has 3 aromatic rings. The number of carbonyl (C=O) groups excluding carboxylic acids is 2. The van der Waals surface area contributed by atoms with E-state index < -0.39 is 34.3 Å². The number of nitrogens with one attached hydrogen (secondary N) is 1. The molecule has 0 saturated carbocycles. The third kappa shape index (κ3) is 8.00. The molecule has 9 nitrogen and oxygen atoms in total. The van der Waals surface area contributed by atoms with Crippen LogP contribution >= 0.6 is 0 Å². The van der Waals surface area contributed by atoms with Crippen LogP contribution in [0.2, 0.25) is 0 Å². The van der Waals surface area contributed by atoms with Gasteiger partial charge in [0.05, 0.1) is 24.8 Å². The number of benzene rings is 3. The third-order valence-electron chi connectivity index (χ3n) is 6.76. The molecule has 3 aromatic carbocycles. The highest BCUT2D eigenvalue weighted by atomic mass is 32.2. The van der Waals surface area contributed by atoms with Crippen molar-refractivity contribution in [2.24, 2.45) is 0 Å². The SMILES string of the molecule is CCCNC(=O)C(CC)N(CCc1ccccc1)C(=O)CN(c1ccc(F)cc1)S(=O)(=O)c1ccc(OC)c(OC)c1. The van der Waals surface area contributed by atoms with Crippen LogP contribution in [0.15, 0.2) is 77.7 Å². The van der Waals surface area contributed by atoms with Crippen molar-refractivity contribution < 1.29 is 31.9 Å². The van der Waals surface area contributed by atoms with Gasteiger partial charge in [0, 0.05) is 19.2 Å². The molecule has 226 valence electrons. The van der Waals surface area contributed by atoms with Crippen molar-refractivity contribution in [2.45, 2.75) is 44.0 Å². The Kier molecular flexibility index (Phi) is 11.7. The number of rotatable bonds is 15. The molecule has 11 heteroatoms. The minimum atomic E-state index is -4.36. The summed E-state index contributed by atoms with van der Waals surface area (Å²) in [5, 5.41) is 2.86. The number of hydrogen-bond donors (Lipinski definition) is 1. The molecular formula is C31H38FN3O6S. The summed E-state index contributed by atoms with van der Waals surface area (Å²) < 4.78 is 53.3. The van der Waals surface area contributed by atoms with E-state index in [1.165, 1.54) is 49.5 Å². The Hall–Kier alpha value is -4.12. The van der Waals surface area contributed by atoms with Crippen LogP contribution in [0, 0.1) is 5.82 Å². The summed E-state index contributed by atoms with van der Waals surface area (Å²) in [5.74, 6) is -0.921. The highest BCUT2D eigenvalue weighted by Gasteiger charge is 2.33. The van der Waals surface area contributed by atoms with E-state index in [9.17, 15) is 22.4 Å². The summed E-state index contributed by atoms with van der Waals surface area (Å²) in [5.41, 5.74) is 1.05. The Morgan fingerprint density at radius 3 is 2.19 bits per heavy atom. The molecule has 2 amide bonds. The molecule has 0 aliphatic heterocycles. The number of ether oxygens (including phenoxy) is 2. The standard InChI is InChI=1S/C31H38FN3O6S/c1-5-19-33-31(37)27(6-2)34(20-18-23-10-8-7-9-11-23)30(36)22-35(25-14-12-24(32)13-15-25)42(38,39)26-16-17-28(40-3)29(21-26)41-4/h7-17,21,27H,5-6,18-20,22H2,1-4H3,(H,33,37). The topological polar surface area (TPSA) is 105 Å². The lowest BCUT2D eigenvalue weighted by atomic mass is 10.1. The fourth-order valence-electron chi connectivity index (χ4n) is 4.50. The summed E-state index contributed by atoms with van der Waals surface area (Å²) in [6, 6.07) is 17.6. The minimum Gasteiger partial charge on any atom is -0.493 e. The van der Waals surface area contributed by atoms with Crippen molar-refractivity contribution in [2.75, 3.05) is 38.2 Å². The molecule has 1 N–H and O–H groups in total. The average molecular weight is 600 g/mol. The normalized spacial score (nSPS) is 11.8. The van der Waals surface area contributed by atoms with Gasteiger partial charge >= 0.3 is 0 Å². The van der Waals surface area contributed by atoms with E-state index >= 15 is 0 Å². The van der Waals surface area contributed by atoms with Gasteiger partial charge in [0.2, 0.25) is 11.8 Å². The maximum Gasteiger partial charge on any atom is 0.264 e. The number of sulfonamides is 1. The molecule has 0 spiro atoms. The highest BCUT2D eigenvalue weighted by Crippen LogP contribution is 2.32. The third-order valence-corrected chi connectivity index (χ3v) is 8.53. The van der Waals surface area contributed by atoms with E-state index in [0.717, 1.165) is 28.4 Å². The summed E-state index contributed by atoms with van der Waals surface area (Å²) in [6.07, 6.45) is 1.51. The van der Waals surface area contributed by atoms with Gasteiger partial charge in [0.25, 0.3) is 10.0 Å². The molecule has 0 heterocycles. The zero-order valence-corrected chi connectivity index (χ0v) is 25.2. The van der Waals surface area contributed by atoms with Crippen LogP contribution in [-0.4, -0.2) is 65.0 Å². The van der Waals surface area contributed by atoms with Crippen LogP contribution < -0.4 is 19.1 Å². The van der Waals surface area contributed by atoms with Gasteiger partial charge in [-0.1, -0.05) is 44.2 Å². The molecule has 1 atom stereocenters.